The highest BCUT2D eigenvalue weighted by Crippen LogP contribution is 2.34. The molecule has 0 aromatic carbocycles. The van der Waals surface area contributed by atoms with E-state index >= 15 is 0 Å². The standard InChI is InChI=1S/C17H22ClN5O2/c1-9(2)10(3)16-11(6-19)15(18)13-7-20-17(22-23(13)16)21-12-4-5-25-8-14(12)24/h7,9-10,12,14,24H,4-5,8H2,1-3H3,(H,21,22). The van der Waals surface area contributed by atoms with Crippen LogP contribution in [0.4, 0.5) is 5.95 Å². The van der Waals surface area contributed by atoms with E-state index in [9.17, 15) is 10.4 Å². The van der Waals surface area contributed by atoms with E-state index in [4.69, 9.17) is 16.3 Å². The molecule has 0 amide bonds. The van der Waals surface area contributed by atoms with Gasteiger partial charge in [0, 0.05) is 12.5 Å². The molecule has 3 unspecified atom stereocenters. The van der Waals surface area contributed by atoms with Crippen molar-refractivity contribution in [3.8, 4) is 6.07 Å². The Morgan fingerprint density at radius 1 is 1.48 bits per heavy atom. The van der Waals surface area contributed by atoms with Crippen molar-refractivity contribution in [1.29, 1.82) is 5.26 Å². The van der Waals surface area contributed by atoms with E-state index in [1.807, 2.05) is 0 Å². The van der Waals surface area contributed by atoms with Gasteiger partial charge in [0.05, 0.1) is 41.2 Å². The maximum atomic E-state index is 10.0. The van der Waals surface area contributed by atoms with Crippen LogP contribution in [0.2, 0.25) is 5.02 Å². The molecule has 25 heavy (non-hydrogen) atoms. The van der Waals surface area contributed by atoms with Crippen LogP contribution in [0, 0.1) is 17.2 Å². The molecular formula is C17H22ClN5O2. The van der Waals surface area contributed by atoms with Gasteiger partial charge >= 0.3 is 0 Å². The van der Waals surface area contributed by atoms with Crippen molar-refractivity contribution in [3.05, 3.63) is 22.5 Å². The summed E-state index contributed by atoms with van der Waals surface area (Å²) in [6, 6.07) is 2.03. The predicted octanol–water partition coefficient (Wildman–Crippen LogP) is 2.58. The molecule has 2 aromatic rings. The summed E-state index contributed by atoms with van der Waals surface area (Å²) in [5.74, 6) is 0.822. The number of nitriles is 1. The van der Waals surface area contributed by atoms with Crippen molar-refractivity contribution < 1.29 is 9.84 Å². The van der Waals surface area contributed by atoms with Crippen molar-refractivity contribution in [2.75, 3.05) is 18.5 Å². The quantitative estimate of drug-likeness (QED) is 0.866. The van der Waals surface area contributed by atoms with Crippen LogP contribution in [-0.4, -0.2) is 45.1 Å². The SMILES string of the molecule is CC(C)C(C)c1c(C#N)c(Cl)c2cnc(NC3CCOCC3O)nn12. The van der Waals surface area contributed by atoms with Gasteiger partial charge in [0.15, 0.2) is 0 Å². The average molecular weight is 364 g/mol. The zero-order chi connectivity index (χ0) is 18.1. The Hall–Kier alpha value is -1.88. The molecule has 0 saturated carbocycles. The van der Waals surface area contributed by atoms with Gasteiger partial charge in [0.1, 0.15) is 11.6 Å². The highest BCUT2D eigenvalue weighted by molar-refractivity contribution is 6.35. The molecule has 1 saturated heterocycles. The van der Waals surface area contributed by atoms with Gasteiger partial charge in [0.25, 0.3) is 0 Å². The van der Waals surface area contributed by atoms with E-state index in [0.29, 0.717) is 47.6 Å². The number of hydrogen-bond acceptors (Lipinski definition) is 6. The minimum absolute atomic E-state index is 0.103. The third-order valence-corrected chi connectivity index (χ3v) is 5.23. The molecule has 0 aliphatic carbocycles. The molecule has 3 heterocycles. The van der Waals surface area contributed by atoms with Crippen LogP contribution in [0.5, 0.6) is 0 Å². The summed E-state index contributed by atoms with van der Waals surface area (Å²) in [5.41, 5.74) is 1.84. The lowest BCUT2D eigenvalue weighted by molar-refractivity contribution is -0.0136. The van der Waals surface area contributed by atoms with Gasteiger partial charge in [-0.1, -0.05) is 32.4 Å². The number of aromatic nitrogens is 3. The summed E-state index contributed by atoms with van der Waals surface area (Å²) in [4.78, 5) is 4.30. The summed E-state index contributed by atoms with van der Waals surface area (Å²) in [6.07, 6.45) is 1.68. The topological polar surface area (TPSA) is 95.5 Å². The fraction of sp³-hybridized carbons (Fsp3) is 0.588. The van der Waals surface area contributed by atoms with Crippen LogP contribution in [0.3, 0.4) is 0 Å². The van der Waals surface area contributed by atoms with Crippen LogP contribution in [0.15, 0.2) is 6.20 Å². The second-order valence-electron chi connectivity index (χ2n) is 6.78. The first-order chi connectivity index (χ1) is 11.9. The van der Waals surface area contributed by atoms with E-state index in [-0.39, 0.29) is 12.0 Å². The number of nitrogens with zero attached hydrogens (tertiary/aromatic N) is 4. The lowest BCUT2D eigenvalue weighted by atomic mass is 9.93. The predicted molar refractivity (Wildman–Crippen MR) is 94.8 cm³/mol. The van der Waals surface area contributed by atoms with Gasteiger partial charge < -0.3 is 15.2 Å². The molecule has 8 heteroatoms. The van der Waals surface area contributed by atoms with Crippen LogP contribution in [-0.2, 0) is 4.74 Å². The Morgan fingerprint density at radius 2 is 2.24 bits per heavy atom. The van der Waals surface area contributed by atoms with Gasteiger partial charge in [-0.2, -0.15) is 5.26 Å². The Balaban J connectivity index is 2.04. The van der Waals surface area contributed by atoms with E-state index in [2.05, 4.69) is 42.2 Å². The second-order valence-corrected chi connectivity index (χ2v) is 7.16. The first-order valence-electron chi connectivity index (χ1n) is 8.43. The summed E-state index contributed by atoms with van der Waals surface area (Å²) in [5, 5.41) is 27.7. The number of rotatable bonds is 4. The van der Waals surface area contributed by atoms with Crippen LogP contribution in [0.1, 0.15) is 44.4 Å². The normalized spacial score (nSPS) is 22.1. The van der Waals surface area contributed by atoms with Crippen LogP contribution < -0.4 is 5.32 Å². The first-order valence-corrected chi connectivity index (χ1v) is 8.81. The molecular weight excluding hydrogens is 342 g/mol. The van der Waals surface area contributed by atoms with Crippen molar-refractivity contribution >= 4 is 23.1 Å². The smallest absolute Gasteiger partial charge is 0.241 e. The van der Waals surface area contributed by atoms with Crippen molar-refractivity contribution in [2.45, 2.75) is 45.3 Å². The van der Waals surface area contributed by atoms with Crippen LogP contribution in [0.25, 0.3) is 5.52 Å². The molecule has 3 atom stereocenters. The lowest BCUT2D eigenvalue weighted by Gasteiger charge is -2.28. The first kappa shape index (κ1) is 17.9. The van der Waals surface area contributed by atoms with Gasteiger partial charge in [0.2, 0.25) is 5.95 Å². The highest BCUT2D eigenvalue weighted by atomic mass is 35.5. The van der Waals surface area contributed by atoms with Crippen molar-refractivity contribution in [2.24, 2.45) is 5.92 Å². The summed E-state index contributed by atoms with van der Waals surface area (Å²) in [6.45, 7) is 7.13. The van der Waals surface area contributed by atoms with Crippen molar-refractivity contribution in [3.63, 3.8) is 0 Å². The molecule has 1 fully saturated rings. The largest absolute Gasteiger partial charge is 0.389 e. The number of anilines is 1. The zero-order valence-electron chi connectivity index (χ0n) is 14.5. The van der Waals surface area contributed by atoms with Gasteiger partial charge in [-0.25, -0.2) is 9.50 Å². The van der Waals surface area contributed by atoms with E-state index in [0.717, 1.165) is 5.69 Å². The molecule has 2 N–H and O–H groups in total. The Kier molecular flexibility index (Phi) is 5.13. The number of halogens is 1. The van der Waals surface area contributed by atoms with Gasteiger partial charge in [-0.05, 0) is 12.3 Å². The molecule has 0 radical (unpaired) electrons. The molecule has 1 aliphatic rings. The molecule has 3 rings (SSSR count). The fourth-order valence-electron chi connectivity index (χ4n) is 3.00. The monoisotopic (exact) mass is 363 g/mol. The Bertz CT molecular complexity index is 813. The van der Waals surface area contributed by atoms with Crippen LogP contribution >= 0.6 is 11.6 Å². The van der Waals surface area contributed by atoms with E-state index < -0.39 is 6.10 Å². The fourth-order valence-corrected chi connectivity index (χ4v) is 3.26. The molecule has 0 spiro atoms. The summed E-state index contributed by atoms with van der Waals surface area (Å²) < 4.78 is 6.94. The maximum absolute atomic E-state index is 10.0. The number of aliphatic hydroxyl groups excluding tert-OH is 1. The molecule has 1 aliphatic heterocycles. The van der Waals surface area contributed by atoms with Crippen molar-refractivity contribution in [1.82, 2.24) is 14.6 Å². The molecule has 134 valence electrons. The zero-order valence-corrected chi connectivity index (χ0v) is 15.3. The highest BCUT2D eigenvalue weighted by Gasteiger charge is 2.27. The average Bonchev–Trinajstić information content (AvgIpc) is 2.87. The summed E-state index contributed by atoms with van der Waals surface area (Å²) in [7, 11) is 0. The minimum atomic E-state index is -0.606. The maximum Gasteiger partial charge on any atom is 0.241 e. The third kappa shape index (κ3) is 3.30. The Morgan fingerprint density at radius 3 is 2.88 bits per heavy atom. The molecule has 2 aromatic heterocycles. The number of hydrogen-bond donors (Lipinski definition) is 2. The lowest BCUT2D eigenvalue weighted by Crippen LogP contribution is -2.42. The number of nitrogens with one attached hydrogen (secondary N) is 1. The molecule has 0 bridgehead atoms. The number of fused-ring (bicyclic) bond motifs is 1. The third-order valence-electron chi connectivity index (χ3n) is 4.84. The van der Waals surface area contributed by atoms with Gasteiger partial charge in [-0.3, -0.25) is 0 Å². The minimum Gasteiger partial charge on any atom is -0.389 e. The van der Waals surface area contributed by atoms with E-state index in [1.165, 1.54) is 0 Å². The second kappa shape index (κ2) is 7.16. The number of aliphatic hydroxyl groups is 1. The van der Waals surface area contributed by atoms with E-state index in [1.54, 1.807) is 10.7 Å². The summed E-state index contributed by atoms with van der Waals surface area (Å²) >= 11 is 6.38. The molecule has 7 nitrogen and oxygen atoms in total. The number of ether oxygens (including phenoxy) is 1. The Labute approximate surface area is 151 Å². The van der Waals surface area contributed by atoms with Gasteiger partial charge in [-0.15, -0.1) is 5.10 Å².